The minimum absolute atomic E-state index is 0.0634. The van der Waals surface area contributed by atoms with Gasteiger partial charge in [0.05, 0.1) is 11.7 Å². The fourth-order valence-corrected chi connectivity index (χ4v) is 3.25. The van der Waals surface area contributed by atoms with Crippen molar-refractivity contribution in [3.05, 3.63) is 54.1 Å². The number of ether oxygens (including phenoxy) is 2. The molecule has 0 unspecified atom stereocenters. The molecule has 152 valence electrons. The Labute approximate surface area is 167 Å². The van der Waals surface area contributed by atoms with Gasteiger partial charge < -0.3 is 14.6 Å². The summed E-state index contributed by atoms with van der Waals surface area (Å²) < 4.78 is 11.6. The molecule has 5 nitrogen and oxygen atoms in total. The van der Waals surface area contributed by atoms with Gasteiger partial charge in [0.25, 0.3) is 0 Å². The molecule has 1 aliphatic carbocycles. The van der Waals surface area contributed by atoms with Gasteiger partial charge in [-0.25, -0.2) is 9.59 Å². The summed E-state index contributed by atoms with van der Waals surface area (Å²) in [5.41, 5.74) is 1.20. The Morgan fingerprint density at radius 2 is 1.71 bits per heavy atom. The van der Waals surface area contributed by atoms with Crippen molar-refractivity contribution in [3.63, 3.8) is 0 Å². The lowest BCUT2D eigenvalue weighted by molar-refractivity contribution is -0.131. The zero-order valence-corrected chi connectivity index (χ0v) is 16.3. The van der Waals surface area contributed by atoms with Gasteiger partial charge in [-0.2, -0.15) is 0 Å². The Kier molecular flexibility index (Phi) is 9.49. The second kappa shape index (κ2) is 12.1. The van der Waals surface area contributed by atoms with Crippen LogP contribution >= 0.6 is 0 Å². The number of carbonyl (C=O) groups excluding carboxylic acids is 1. The molecule has 2 rings (SSSR count). The number of unbranched alkanes of at least 4 members (excludes halogenated alkanes) is 3. The van der Waals surface area contributed by atoms with Crippen LogP contribution in [0.3, 0.4) is 0 Å². The van der Waals surface area contributed by atoms with Crippen LogP contribution in [-0.2, 0) is 14.3 Å². The molecule has 0 heterocycles. The number of rotatable bonds is 11. The van der Waals surface area contributed by atoms with Gasteiger partial charge in [0, 0.05) is 12.7 Å². The van der Waals surface area contributed by atoms with Crippen molar-refractivity contribution >= 4 is 18.0 Å². The number of carbonyl (C=O) groups is 2. The van der Waals surface area contributed by atoms with Gasteiger partial charge in [0.15, 0.2) is 0 Å². The predicted molar refractivity (Wildman–Crippen MR) is 109 cm³/mol. The highest BCUT2D eigenvalue weighted by Gasteiger charge is 2.24. The topological polar surface area (TPSA) is 72.8 Å². The van der Waals surface area contributed by atoms with Gasteiger partial charge >= 0.3 is 11.9 Å². The molecule has 1 aromatic rings. The van der Waals surface area contributed by atoms with Crippen molar-refractivity contribution in [2.45, 2.75) is 63.6 Å². The highest BCUT2D eigenvalue weighted by Crippen LogP contribution is 2.24. The monoisotopic (exact) mass is 386 g/mol. The van der Waals surface area contributed by atoms with E-state index in [2.05, 4.69) is 6.58 Å². The Balaban J connectivity index is 1.67. The standard InChI is InChI=1S/C23H30O5/c1-2-3-4-5-6-17-27-20-12-14-21(15-13-20)28-23(26)19-10-7-18(8-11-19)9-16-22(24)25/h2,7-11,16,20-21H,1,3-6,12-15,17H2,(H,24,25). The minimum atomic E-state index is -1.00. The van der Waals surface area contributed by atoms with Crippen LogP contribution in [0.1, 0.15) is 67.3 Å². The van der Waals surface area contributed by atoms with E-state index in [-0.39, 0.29) is 18.2 Å². The van der Waals surface area contributed by atoms with Gasteiger partial charge in [0.2, 0.25) is 0 Å². The number of allylic oxidation sites excluding steroid dienone is 1. The molecule has 0 aliphatic heterocycles. The number of esters is 1. The SMILES string of the molecule is C=CCCCCCOC1CCC(OC(=O)c2ccc(C=CC(=O)O)cc2)CC1. The number of aliphatic carboxylic acids is 1. The number of hydrogen-bond donors (Lipinski definition) is 1. The van der Waals surface area contributed by atoms with Crippen molar-refractivity contribution in [2.75, 3.05) is 6.61 Å². The fourth-order valence-electron chi connectivity index (χ4n) is 3.25. The maximum Gasteiger partial charge on any atom is 0.338 e. The van der Waals surface area contributed by atoms with Crippen LogP contribution in [-0.4, -0.2) is 35.9 Å². The third kappa shape index (κ3) is 8.09. The molecule has 5 heteroatoms. The van der Waals surface area contributed by atoms with Gasteiger partial charge in [0.1, 0.15) is 6.10 Å². The van der Waals surface area contributed by atoms with E-state index in [1.54, 1.807) is 24.3 Å². The molecular formula is C23H30O5. The van der Waals surface area contributed by atoms with Crippen molar-refractivity contribution in [2.24, 2.45) is 0 Å². The highest BCUT2D eigenvalue weighted by molar-refractivity contribution is 5.90. The molecule has 0 atom stereocenters. The average molecular weight is 386 g/mol. The molecule has 0 bridgehead atoms. The third-order valence-electron chi connectivity index (χ3n) is 4.87. The molecule has 1 aromatic carbocycles. The van der Waals surface area contributed by atoms with E-state index in [1.165, 1.54) is 18.9 Å². The first kappa shape index (κ1) is 21.9. The number of benzene rings is 1. The third-order valence-corrected chi connectivity index (χ3v) is 4.87. The first-order valence-corrected chi connectivity index (χ1v) is 10.0. The lowest BCUT2D eigenvalue weighted by Gasteiger charge is -2.28. The molecule has 0 saturated heterocycles. The fraction of sp³-hybridized carbons (Fsp3) is 0.478. The summed E-state index contributed by atoms with van der Waals surface area (Å²) >= 11 is 0. The normalized spacial score (nSPS) is 19.4. The Hall–Kier alpha value is -2.40. The van der Waals surface area contributed by atoms with Crippen LogP contribution in [0.15, 0.2) is 43.0 Å². The Morgan fingerprint density at radius 1 is 1.04 bits per heavy atom. The summed E-state index contributed by atoms with van der Waals surface area (Å²) in [5, 5.41) is 8.64. The van der Waals surface area contributed by atoms with Crippen molar-refractivity contribution in [1.29, 1.82) is 0 Å². The summed E-state index contributed by atoms with van der Waals surface area (Å²) in [7, 11) is 0. The second-order valence-corrected chi connectivity index (χ2v) is 7.11. The van der Waals surface area contributed by atoms with E-state index < -0.39 is 5.97 Å². The molecule has 28 heavy (non-hydrogen) atoms. The van der Waals surface area contributed by atoms with Crippen molar-refractivity contribution in [3.8, 4) is 0 Å². The van der Waals surface area contributed by atoms with Gasteiger partial charge in [-0.05, 0) is 68.7 Å². The smallest absolute Gasteiger partial charge is 0.338 e. The number of carboxylic acid groups (broad SMARTS) is 1. The summed E-state index contributed by atoms with van der Waals surface area (Å²) in [6.07, 6.45) is 12.7. The van der Waals surface area contributed by atoms with Crippen LogP contribution in [0.2, 0.25) is 0 Å². The molecular weight excluding hydrogens is 356 g/mol. The lowest BCUT2D eigenvalue weighted by Crippen LogP contribution is -2.28. The molecule has 0 radical (unpaired) electrons. The maximum absolute atomic E-state index is 12.3. The lowest BCUT2D eigenvalue weighted by atomic mass is 9.95. The zero-order valence-electron chi connectivity index (χ0n) is 16.3. The summed E-state index contributed by atoms with van der Waals surface area (Å²) in [6.45, 7) is 4.53. The molecule has 0 spiro atoms. The van der Waals surface area contributed by atoms with E-state index in [4.69, 9.17) is 14.6 Å². The van der Waals surface area contributed by atoms with Gasteiger partial charge in [-0.1, -0.05) is 24.6 Å². The first-order chi connectivity index (χ1) is 13.6. The van der Waals surface area contributed by atoms with E-state index in [1.807, 2.05) is 6.08 Å². The van der Waals surface area contributed by atoms with Crippen LogP contribution in [0.5, 0.6) is 0 Å². The van der Waals surface area contributed by atoms with Crippen LogP contribution in [0.25, 0.3) is 6.08 Å². The summed E-state index contributed by atoms with van der Waals surface area (Å²) in [6, 6.07) is 6.72. The van der Waals surface area contributed by atoms with Crippen molar-refractivity contribution < 1.29 is 24.2 Å². The molecule has 0 amide bonds. The Morgan fingerprint density at radius 3 is 2.36 bits per heavy atom. The van der Waals surface area contributed by atoms with E-state index in [0.717, 1.165) is 56.8 Å². The maximum atomic E-state index is 12.3. The number of carboxylic acids is 1. The Bertz CT molecular complexity index is 654. The van der Waals surface area contributed by atoms with E-state index >= 15 is 0 Å². The van der Waals surface area contributed by atoms with E-state index in [0.29, 0.717) is 5.56 Å². The predicted octanol–water partition coefficient (Wildman–Crippen LogP) is 5.02. The van der Waals surface area contributed by atoms with Crippen LogP contribution < -0.4 is 0 Å². The first-order valence-electron chi connectivity index (χ1n) is 10.0. The second-order valence-electron chi connectivity index (χ2n) is 7.11. The summed E-state index contributed by atoms with van der Waals surface area (Å²) in [4.78, 5) is 22.8. The molecule has 1 fully saturated rings. The van der Waals surface area contributed by atoms with E-state index in [9.17, 15) is 9.59 Å². The summed E-state index contributed by atoms with van der Waals surface area (Å²) in [5.74, 6) is -1.34. The van der Waals surface area contributed by atoms with Crippen molar-refractivity contribution in [1.82, 2.24) is 0 Å². The molecule has 0 aromatic heterocycles. The largest absolute Gasteiger partial charge is 0.478 e. The molecule has 1 saturated carbocycles. The molecule has 1 N–H and O–H groups in total. The minimum Gasteiger partial charge on any atom is -0.478 e. The molecule has 1 aliphatic rings. The average Bonchev–Trinajstić information content (AvgIpc) is 2.70. The zero-order chi connectivity index (χ0) is 20.2. The number of hydrogen-bond acceptors (Lipinski definition) is 4. The van der Waals surface area contributed by atoms with Gasteiger partial charge in [-0.3, -0.25) is 0 Å². The van der Waals surface area contributed by atoms with Crippen LogP contribution in [0, 0.1) is 0 Å². The quantitative estimate of drug-likeness (QED) is 0.250. The highest BCUT2D eigenvalue weighted by atomic mass is 16.5. The van der Waals surface area contributed by atoms with Crippen LogP contribution in [0.4, 0.5) is 0 Å². The van der Waals surface area contributed by atoms with Gasteiger partial charge in [-0.15, -0.1) is 6.58 Å².